The van der Waals surface area contributed by atoms with Gasteiger partial charge in [0.2, 0.25) is 0 Å². The lowest BCUT2D eigenvalue weighted by molar-refractivity contribution is 0.0470. The number of imidazole rings is 1. The summed E-state index contributed by atoms with van der Waals surface area (Å²) in [6.45, 7) is 8.19. The number of ether oxygens (including phenoxy) is 1. The van der Waals surface area contributed by atoms with Gasteiger partial charge < -0.3 is 15.8 Å². The molecule has 2 aromatic carbocycles. The zero-order chi connectivity index (χ0) is 30.0. The Hall–Kier alpha value is -4.76. The Kier molecular flexibility index (Phi) is 7.82. The van der Waals surface area contributed by atoms with E-state index < -0.39 is 5.60 Å². The van der Waals surface area contributed by atoms with E-state index in [0.29, 0.717) is 11.6 Å². The number of anilines is 1. The van der Waals surface area contributed by atoms with Crippen LogP contribution in [0.25, 0.3) is 39.5 Å². The maximum absolute atomic E-state index is 12.3. The zero-order valence-electron chi connectivity index (χ0n) is 24.8. The zero-order valence-corrected chi connectivity index (χ0v) is 24.8. The van der Waals surface area contributed by atoms with Gasteiger partial charge in [-0.2, -0.15) is 0 Å². The van der Waals surface area contributed by atoms with E-state index in [9.17, 15) is 4.79 Å². The third kappa shape index (κ3) is 6.52. The van der Waals surface area contributed by atoms with E-state index in [2.05, 4.69) is 56.2 Å². The lowest BCUT2D eigenvalue weighted by Crippen LogP contribution is -2.48. The molecule has 0 bridgehead atoms. The van der Waals surface area contributed by atoms with Crippen LogP contribution < -0.4 is 11.1 Å². The molecule has 5 aromatic rings. The number of carbonyl (C=O) groups is 1. The molecule has 1 atom stereocenters. The molecule has 1 saturated heterocycles. The third-order valence-corrected chi connectivity index (χ3v) is 7.48. The first kappa shape index (κ1) is 28.4. The lowest BCUT2D eigenvalue weighted by Gasteiger charge is -2.33. The molecule has 43 heavy (non-hydrogen) atoms. The van der Waals surface area contributed by atoms with Crippen molar-refractivity contribution in [1.29, 1.82) is 0 Å². The van der Waals surface area contributed by atoms with E-state index in [1.165, 1.54) is 5.56 Å². The van der Waals surface area contributed by atoms with Gasteiger partial charge in [0.05, 0.1) is 11.3 Å². The van der Waals surface area contributed by atoms with Gasteiger partial charge in [0.15, 0.2) is 11.5 Å². The van der Waals surface area contributed by atoms with Gasteiger partial charge in [-0.05, 0) is 82.1 Å². The van der Waals surface area contributed by atoms with Gasteiger partial charge in [-0.1, -0.05) is 42.5 Å². The number of piperidine rings is 1. The number of carbonyl (C=O) groups excluding carboxylic acids is 1. The van der Waals surface area contributed by atoms with Crippen LogP contribution in [0.15, 0.2) is 85.1 Å². The van der Waals surface area contributed by atoms with E-state index in [0.717, 1.165) is 66.1 Å². The van der Waals surface area contributed by atoms with E-state index >= 15 is 0 Å². The molecular formula is C34H37N7O2. The van der Waals surface area contributed by atoms with Crippen molar-refractivity contribution < 1.29 is 9.53 Å². The summed E-state index contributed by atoms with van der Waals surface area (Å²) in [6, 6.07) is 26.5. The predicted octanol–water partition coefficient (Wildman–Crippen LogP) is 6.22. The quantitative estimate of drug-likeness (QED) is 0.247. The molecular weight excluding hydrogens is 538 g/mol. The summed E-state index contributed by atoms with van der Waals surface area (Å²) in [6.07, 6.45) is 3.29. The fourth-order valence-electron chi connectivity index (χ4n) is 5.56. The van der Waals surface area contributed by atoms with Gasteiger partial charge in [-0.3, -0.25) is 9.47 Å². The first-order valence-electron chi connectivity index (χ1n) is 14.7. The number of hydrogen-bond acceptors (Lipinski definition) is 7. The lowest BCUT2D eigenvalue weighted by atomic mass is 10.0. The molecule has 6 rings (SSSR count). The first-order valence-corrected chi connectivity index (χ1v) is 14.7. The van der Waals surface area contributed by atoms with Crippen LogP contribution in [0.1, 0.15) is 39.2 Å². The second kappa shape index (κ2) is 11.9. The van der Waals surface area contributed by atoms with Crippen LogP contribution >= 0.6 is 0 Å². The first-order chi connectivity index (χ1) is 20.7. The molecule has 9 nitrogen and oxygen atoms in total. The number of likely N-dealkylation sites (tertiary alicyclic amines) is 1. The summed E-state index contributed by atoms with van der Waals surface area (Å²) in [5.41, 5.74) is 12.1. The van der Waals surface area contributed by atoms with Crippen LogP contribution in [0.4, 0.5) is 10.6 Å². The molecule has 9 heteroatoms. The van der Waals surface area contributed by atoms with Gasteiger partial charge in [0.25, 0.3) is 0 Å². The van der Waals surface area contributed by atoms with Gasteiger partial charge >= 0.3 is 6.09 Å². The fourth-order valence-corrected chi connectivity index (χ4v) is 5.56. The highest BCUT2D eigenvalue weighted by atomic mass is 16.6. The third-order valence-electron chi connectivity index (χ3n) is 7.48. The Morgan fingerprint density at radius 2 is 1.79 bits per heavy atom. The van der Waals surface area contributed by atoms with E-state index in [4.69, 9.17) is 20.4 Å². The second-order valence-electron chi connectivity index (χ2n) is 12.0. The number of hydrogen-bond donors (Lipinski definition) is 2. The van der Waals surface area contributed by atoms with Crippen molar-refractivity contribution in [3.8, 4) is 28.3 Å². The normalized spacial score (nSPS) is 15.8. The number of nitrogen functional groups attached to an aromatic ring is 1. The fraction of sp³-hybridized carbons (Fsp3) is 0.294. The number of aromatic nitrogens is 4. The minimum absolute atomic E-state index is 0.0672. The molecule has 0 saturated carbocycles. The molecule has 0 unspecified atom stereocenters. The molecule has 3 aromatic heterocycles. The summed E-state index contributed by atoms with van der Waals surface area (Å²) in [4.78, 5) is 29.0. The Morgan fingerprint density at radius 1 is 1.00 bits per heavy atom. The maximum atomic E-state index is 12.3. The van der Waals surface area contributed by atoms with Gasteiger partial charge in [0, 0.05) is 36.6 Å². The Balaban J connectivity index is 1.28. The van der Waals surface area contributed by atoms with E-state index in [1.54, 1.807) is 6.20 Å². The average molecular weight is 576 g/mol. The molecule has 1 amide bonds. The maximum Gasteiger partial charge on any atom is 0.407 e. The van der Waals surface area contributed by atoms with Crippen LogP contribution in [0.3, 0.4) is 0 Å². The van der Waals surface area contributed by atoms with Crippen molar-refractivity contribution in [1.82, 2.24) is 29.7 Å². The molecule has 1 fully saturated rings. The van der Waals surface area contributed by atoms with Crippen molar-refractivity contribution in [3.63, 3.8) is 0 Å². The Bertz CT molecular complexity index is 1730. The largest absolute Gasteiger partial charge is 0.444 e. The van der Waals surface area contributed by atoms with Crippen LogP contribution in [-0.4, -0.2) is 55.2 Å². The highest BCUT2D eigenvalue weighted by molar-refractivity contribution is 5.84. The molecule has 3 N–H and O–H groups in total. The smallest absolute Gasteiger partial charge is 0.407 e. The molecule has 0 radical (unpaired) electrons. The number of nitrogens with one attached hydrogen (secondary N) is 1. The molecule has 1 aliphatic rings. The van der Waals surface area contributed by atoms with Crippen molar-refractivity contribution in [2.75, 3.05) is 18.8 Å². The van der Waals surface area contributed by atoms with Gasteiger partial charge in [-0.25, -0.2) is 19.7 Å². The monoisotopic (exact) mass is 575 g/mol. The van der Waals surface area contributed by atoms with Crippen LogP contribution in [0.2, 0.25) is 0 Å². The Labute approximate surface area is 251 Å². The minimum atomic E-state index is -0.512. The number of amides is 1. The number of fused-ring (bicyclic) bond motifs is 1. The highest BCUT2D eigenvalue weighted by Gasteiger charge is 2.24. The SMILES string of the molecule is CC(C)(C)OC(=O)N[C@H]1CCCN(Cc2ccc(-n3c(-c4cccnc4N)nc4ccc(-c5ccccc5)nc43)cc2)C1. The van der Waals surface area contributed by atoms with Crippen molar-refractivity contribution in [3.05, 3.63) is 90.6 Å². The summed E-state index contributed by atoms with van der Waals surface area (Å²) >= 11 is 0. The van der Waals surface area contributed by atoms with Crippen LogP contribution in [0, 0.1) is 0 Å². The second-order valence-corrected chi connectivity index (χ2v) is 12.0. The average Bonchev–Trinajstić information content (AvgIpc) is 3.36. The predicted molar refractivity (Wildman–Crippen MR) is 170 cm³/mol. The van der Waals surface area contributed by atoms with Crippen molar-refractivity contribution >= 4 is 23.1 Å². The summed E-state index contributed by atoms with van der Waals surface area (Å²) < 4.78 is 7.52. The molecule has 0 spiro atoms. The number of pyridine rings is 2. The van der Waals surface area contributed by atoms with Gasteiger partial charge in [0.1, 0.15) is 16.9 Å². The Morgan fingerprint density at radius 3 is 2.53 bits per heavy atom. The summed E-state index contributed by atoms with van der Waals surface area (Å²) in [5.74, 6) is 1.11. The standard InChI is InChI=1S/C34H37N7O2/c1-34(2,3)43-33(42)37-25-11-8-20-40(22-25)21-23-13-15-26(16-14-23)41-31(27-12-7-19-36-30(27)35)39-29-18-17-28(38-32(29)41)24-9-5-4-6-10-24/h4-7,9-10,12-19,25H,8,11,20-22H2,1-3H3,(H2,35,36)(H,37,42)/t25-/m0/s1. The minimum Gasteiger partial charge on any atom is -0.444 e. The van der Waals surface area contributed by atoms with Crippen molar-refractivity contribution in [2.45, 2.75) is 51.8 Å². The van der Waals surface area contributed by atoms with E-state index in [1.807, 2.05) is 63.2 Å². The summed E-state index contributed by atoms with van der Waals surface area (Å²) in [7, 11) is 0. The molecule has 220 valence electrons. The van der Waals surface area contributed by atoms with Crippen LogP contribution in [-0.2, 0) is 11.3 Å². The molecule has 4 heterocycles. The molecule has 1 aliphatic heterocycles. The molecule has 0 aliphatic carbocycles. The van der Waals surface area contributed by atoms with Crippen molar-refractivity contribution in [2.24, 2.45) is 0 Å². The number of rotatable bonds is 6. The number of alkyl carbamates (subject to hydrolysis) is 1. The van der Waals surface area contributed by atoms with E-state index in [-0.39, 0.29) is 12.1 Å². The van der Waals surface area contributed by atoms with Gasteiger partial charge in [-0.15, -0.1) is 0 Å². The summed E-state index contributed by atoms with van der Waals surface area (Å²) in [5, 5.41) is 3.04. The highest BCUT2D eigenvalue weighted by Crippen LogP contribution is 2.32. The number of nitrogens with two attached hydrogens (primary N) is 1. The number of benzene rings is 2. The number of nitrogens with zero attached hydrogens (tertiary/aromatic N) is 5. The topological polar surface area (TPSA) is 111 Å². The van der Waals surface area contributed by atoms with Crippen LogP contribution in [0.5, 0.6) is 0 Å².